The number of benzene rings is 1. The standard InChI is InChI=1S/C16H18N4O3S/c21-16(13-9-15-17-5-1-6-20(15)19-13)18-10-11-2-3-14-12(8-11)4-7-24(14,22)23/h2-3,8-9,17H,1,4-7,10H2,(H,18,21). The monoisotopic (exact) mass is 346 g/mol. The molecule has 2 aliphatic rings. The quantitative estimate of drug-likeness (QED) is 0.863. The van der Waals surface area contributed by atoms with Gasteiger partial charge < -0.3 is 10.6 Å². The molecular formula is C16H18N4O3S. The minimum atomic E-state index is -3.11. The van der Waals surface area contributed by atoms with E-state index in [0.717, 1.165) is 36.5 Å². The van der Waals surface area contributed by atoms with Crippen molar-refractivity contribution in [2.75, 3.05) is 17.6 Å². The molecule has 0 saturated heterocycles. The number of hydrogen-bond acceptors (Lipinski definition) is 5. The van der Waals surface area contributed by atoms with Gasteiger partial charge in [-0.15, -0.1) is 0 Å². The lowest BCUT2D eigenvalue weighted by Gasteiger charge is -2.14. The van der Waals surface area contributed by atoms with Gasteiger partial charge in [0.1, 0.15) is 5.82 Å². The van der Waals surface area contributed by atoms with Gasteiger partial charge in [-0.3, -0.25) is 4.79 Å². The van der Waals surface area contributed by atoms with Gasteiger partial charge in [-0.1, -0.05) is 12.1 Å². The average molecular weight is 346 g/mol. The van der Waals surface area contributed by atoms with E-state index in [1.807, 2.05) is 6.07 Å². The van der Waals surface area contributed by atoms with Crippen LogP contribution in [0.4, 0.5) is 5.82 Å². The highest BCUT2D eigenvalue weighted by atomic mass is 32.2. The first-order valence-electron chi connectivity index (χ1n) is 7.97. The van der Waals surface area contributed by atoms with Crippen LogP contribution in [0.2, 0.25) is 0 Å². The normalized spacial score (nSPS) is 17.7. The molecule has 1 aromatic heterocycles. The summed E-state index contributed by atoms with van der Waals surface area (Å²) in [7, 11) is -3.11. The topological polar surface area (TPSA) is 93.1 Å². The SMILES string of the molecule is O=C(NCc1ccc2c(c1)CCS2(=O)=O)c1cc2n(n1)CCCN2. The Kier molecular flexibility index (Phi) is 3.56. The summed E-state index contributed by atoms with van der Waals surface area (Å²) in [6.07, 6.45) is 1.53. The van der Waals surface area contributed by atoms with Crippen molar-refractivity contribution >= 4 is 21.6 Å². The van der Waals surface area contributed by atoms with Gasteiger partial charge in [0, 0.05) is 25.7 Å². The van der Waals surface area contributed by atoms with Crippen molar-refractivity contribution in [3.05, 3.63) is 41.1 Å². The number of rotatable bonds is 3. The Bertz CT molecular complexity index is 894. The van der Waals surface area contributed by atoms with Gasteiger partial charge in [0.05, 0.1) is 10.6 Å². The first-order valence-corrected chi connectivity index (χ1v) is 9.63. The molecular weight excluding hydrogens is 328 g/mol. The Morgan fingerprint density at radius 3 is 3.04 bits per heavy atom. The molecule has 0 aliphatic carbocycles. The zero-order chi connectivity index (χ0) is 16.7. The number of carbonyl (C=O) groups is 1. The van der Waals surface area contributed by atoms with E-state index in [1.165, 1.54) is 0 Å². The molecule has 4 rings (SSSR count). The van der Waals surface area contributed by atoms with Crippen LogP contribution in [0.25, 0.3) is 0 Å². The van der Waals surface area contributed by atoms with E-state index in [1.54, 1.807) is 22.9 Å². The largest absolute Gasteiger partial charge is 0.370 e. The van der Waals surface area contributed by atoms with Crippen LogP contribution in [0.1, 0.15) is 28.0 Å². The fourth-order valence-electron chi connectivity index (χ4n) is 3.15. The third-order valence-electron chi connectivity index (χ3n) is 4.42. The van der Waals surface area contributed by atoms with Gasteiger partial charge >= 0.3 is 0 Å². The molecule has 0 atom stereocenters. The average Bonchev–Trinajstić information content (AvgIpc) is 3.14. The number of nitrogens with zero attached hydrogens (tertiary/aromatic N) is 2. The molecule has 0 bridgehead atoms. The van der Waals surface area contributed by atoms with E-state index in [9.17, 15) is 13.2 Å². The smallest absolute Gasteiger partial charge is 0.272 e. The molecule has 24 heavy (non-hydrogen) atoms. The van der Waals surface area contributed by atoms with Gasteiger partial charge in [-0.25, -0.2) is 13.1 Å². The summed E-state index contributed by atoms with van der Waals surface area (Å²) in [5.41, 5.74) is 2.12. The van der Waals surface area contributed by atoms with Crippen LogP contribution >= 0.6 is 0 Å². The molecule has 0 radical (unpaired) electrons. The molecule has 126 valence electrons. The molecule has 0 spiro atoms. The lowest BCUT2D eigenvalue weighted by molar-refractivity contribution is 0.0945. The maximum atomic E-state index is 12.3. The molecule has 0 fully saturated rings. The Labute approximate surface area is 140 Å². The van der Waals surface area contributed by atoms with Crippen molar-refractivity contribution in [3.8, 4) is 0 Å². The van der Waals surface area contributed by atoms with Crippen molar-refractivity contribution in [2.45, 2.75) is 30.8 Å². The lowest BCUT2D eigenvalue weighted by Crippen LogP contribution is -2.23. The minimum absolute atomic E-state index is 0.172. The highest BCUT2D eigenvalue weighted by Crippen LogP contribution is 2.26. The second kappa shape index (κ2) is 5.62. The van der Waals surface area contributed by atoms with Crippen molar-refractivity contribution < 1.29 is 13.2 Å². The van der Waals surface area contributed by atoms with Crippen LogP contribution in [0.3, 0.4) is 0 Å². The summed E-state index contributed by atoms with van der Waals surface area (Å²) in [5, 5.41) is 10.4. The molecule has 2 aliphatic heterocycles. The van der Waals surface area contributed by atoms with Crippen molar-refractivity contribution in [3.63, 3.8) is 0 Å². The van der Waals surface area contributed by atoms with E-state index in [0.29, 0.717) is 23.6 Å². The van der Waals surface area contributed by atoms with Gasteiger partial charge in [0.2, 0.25) is 0 Å². The van der Waals surface area contributed by atoms with Crippen LogP contribution in [0.15, 0.2) is 29.2 Å². The zero-order valence-electron chi connectivity index (χ0n) is 13.1. The van der Waals surface area contributed by atoms with E-state index in [-0.39, 0.29) is 11.7 Å². The number of amides is 1. The second-order valence-electron chi connectivity index (χ2n) is 6.11. The van der Waals surface area contributed by atoms with Crippen LogP contribution in [-0.2, 0) is 29.3 Å². The van der Waals surface area contributed by atoms with Gasteiger partial charge in [0.15, 0.2) is 15.5 Å². The van der Waals surface area contributed by atoms with E-state index < -0.39 is 9.84 Å². The highest BCUT2D eigenvalue weighted by molar-refractivity contribution is 7.91. The third kappa shape index (κ3) is 2.66. The predicted molar refractivity (Wildman–Crippen MR) is 88.7 cm³/mol. The maximum absolute atomic E-state index is 12.3. The summed E-state index contributed by atoms with van der Waals surface area (Å²) in [6, 6.07) is 7.00. The van der Waals surface area contributed by atoms with E-state index in [2.05, 4.69) is 15.7 Å². The van der Waals surface area contributed by atoms with E-state index in [4.69, 9.17) is 0 Å². The molecule has 7 nitrogen and oxygen atoms in total. The molecule has 2 aromatic rings. The number of anilines is 1. The number of nitrogens with one attached hydrogen (secondary N) is 2. The summed E-state index contributed by atoms with van der Waals surface area (Å²) in [4.78, 5) is 12.7. The highest BCUT2D eigenvalue weighted by Gasteiger charge is 2.26. The Morgan fingerprint density at radius 1 is 1.33 bits per heavy atom. The molecule has 2 N–H and O–H groups in total. The van der Waals surface area contributed by atoms with Gasteiger partial charge in [0.25, 0.3) is 5.91 Å². The second-order valence-corrected chi connectivity index (χ2v) is 8.19. The first-order chi connectivity index (χ1) is 11.5. The van der Waals surface area contributed by atoms with Crippen LogP contribution in [-0.4, -0.2) is 36.4 Å². The first kappa shape index (κ1) is 15.2. The third-order valence-corrected chi connectivity index (χ3v) is 6.23. The number of carbonyl (C=O) groups excluding carboxylic acids is 1. The molecule has 0 saturated carbocycles. The summed E-state index contributed by atoms with van der Waals surface area (Å²) in [5.74, 6) is 0.812. The fraction of sp³-hybridized carbons (Fsp3) is 0.375. The molecule has 3 heterocycles. The van der Waals surface area contributed by atoms with Crippen molar-refractivity contribution in [2.24, 2.45) is 0 Å². The molecule has 8 heteroatoms. The summed E-state index contributed by atoms with van der Waals surface area (Å²) >= 11 is 0. The Morgan fingerprint density at radius 2 is 2.21 bits per heavy atom. The molecule has 1 aromatic carbocycles. The lowest BCUT2D eigenvalue weighted by atomic mass is 10.1. The maximum Gasteiger partial charge on any atom is 0.272 e. The predicted octanol–water partition coefficient (Wildman–Crippen LogP) is 0.958. The number of aryl methyl sites for hydroxylation is 2. The number of fused-ring (bicyclic) bond motifs is 2. The fourth-order valence-corrected chi connectivity index (χ4v) is 4.70. The van der Waals surface area contributed by atoms with Crippen LogP contribution in [0, 0.1) is 0 Å². The van der Waals surface area contributed by atoms with Crippen molar-refractivity contribution in [1.29, 1.82) is 0 Å². The minimum Gasteiger partial charge on any atom is -0.370 e. The number of sulfone groups is 1. The Balaban J connectivity index is 1.45. The van der Waals surface area contributed by atoms with Crippen LogP contribution < -0.4 is 10.6 Å². The summed E-state index contributed by atoms with van der Waals surface area (Å²) in [6.45, 7) is 2.06. The van der Waals surface area contributed by atoms with E-state index >= 15 is 0 Å². The Hall–Kier alpha value is -2.35. The van der Waals surface area contributed by atoms with Gasteiger partial charge in [-0.2, -0.15) is 5.10 Å². The van der Waals surface area contributed by atoms with Crippen molar-refractivity contribution in [1.82, 2.24) is 15.1 Å². The zero-order valence-corrected chi connectivity index (χ0v) is 13.9. The molecule has 1 amide bonds. The van der Waals surface area contributed by atoms with Gasteiger partial charge in [-0.05, 0) is 30.0 Å². The van der Waals surface area contributed by atoms with Crippen LogP contribution in [0.5, 0.6) is 0 Å². The number of aromatic nitrogens is 2. The molecule has 0 unspecified atom stereocenters. The summed E-state index contributed by atoms with van der Waals surface area (Å²) < 4.78 is 25.5. The number of hydrogen-bond donors (Lipinski definition) is 2.